The maximum atomic E-state index is 11.0. The molecule has 0 heterocycles. The van der Waals surface area contributed by atoms with Crippen molar-refractivity contribution in [1.29, 1.82) is 0 Å². The Morgan fingerprint density at radius 2 is 1.37 bits per heavy atom. The molecule has 9 N–H and O–H groups in total. The Hall–Kier alpha value is -0.360. The highest BCUT2D eigenvalue weighted by atomic mass is 16.5. The minimum atomic E-state index is -2.20. The van der Waals surface area contributed by atoms with E-state index in [-0.39, 0.29) is 0 Å². The van der Waals surface area contributed by atoms with Crippen LogP contribution in [0.3, 0.4) is 0 Å². The molecular weight excluding hydrogens is 646 g/mol. The average molecular weight is 722 g/mol. The van der Waals surface area contributed by atoms with Crippen LogP contribution < -0.4 is 5.73 Å². The summed E-state index contributed by atoms with van der Waals surface area (Å²) in [5, 5.41) is 73.0. The van der Waals surface area contributed by atoms with Gasteiger partial charge in [-0.2, -0.15) is 0 Å². The fraction of sp³-hybridized carbons (Fsp3) is 1.00. The van der Waals surface area contributed by atoms with Crippen LogP contribution in [-0.4, -0.2) is 97.2 Å². The molecule has 7 unspecified atom stereocenters. The zero-order chi connectivity index (χ0) is 37.7. The van der Waals surface area contributed by atoms with Crippen molar-refractivity contribution in [3.63, 3.8) is 0 Å². The number of aliphatic hydroxyl groups is 7. The second kappa shape index (κ2) is 13.7. The van der Waals surface area contributed by atoms with E-state index < -0.39 is 61.5 Å². The first-order valence-electron chi connectivity index (χ1n) is 20.7. The molecule has 6 saturated carbocycles. The highest BCUT2D eigenvalue weighted by Gasteiger charge is 2.70. The average Bonchev–Trinajstić information content (AvgIpc) is 3.48. The van der Waals surface area contributed by atoms with Crippen LogP contribution in [-0.2, 0) is 4.74 Å². The van der Waals surface area contributed by atoms with Crippen molar-refractivity contribution < 1.29 is 40.5 Å². The lowest BCUT2D eigenvalue weighted by Gasteiger charge is -2.73. The summed E-state index contributed by atoms with van der Waals surface area (Å²) < 4.78 is 5.53. The zero-order valence-corrected chi connectivity index (χ0v) is 33.1. The Morgan fingerprint density at radius 1 is 0.765 bits per heavy atom. The third kappa shape index (κ3) is 6.03. The third-order valence-corrected chi connectivity index (χ3v) is 18.1. The number of nitrogens with two attached hydrogens (primary N) is 1. The van der Waals surface area contributed by atoms with Gasteiger partial charge in [0, 0.05) is 0 Å². The molecule has 6 aliphatic rings. The molecule has 296 valence electrons. The predicted octanol–water partition coefficient (Wildman–Crippen LogP) is 4.39. The summed E-state index contributed by atoms with van der Waals surface area (Å²) in [6.07, 6.45) is 5.65. The van der Waals surface area contributed by atoms with Crippen LogP contribution in [0, 0.1) is 68.5 Å². The van der Waals surface area contributed by atoms with Crippen LogP contribution in [0.25, 0.3) is 0 Å². The SMILES string of the molecule is C[C@@H]1CC(C)(C)C2CC[C@]3(C)C(CCC4[C@@]5(C)CC[C@@H]([C@H](C)CCC(O)C(O)C(O)CO[C@@H]6[C@H](N)[C@@H](O)[C@H](O)[C@@]6(O)CO)C5CC[C@]43C)[C@@]2(C)C1. The van der Waals surface area contributed by atoms with E-state index >= 15 is 0 Å². The van der Waals surface area contributed by atoms with Crippen molar-refractivity contribution in [1.82, 2.24) is 0 Å². The molecule has 0 spiro atoms. The zero-order valence-electron chi connectivity index (χ0n) is 33.1. The highest BCUT2D eigenvalue weighted by Crippen LogP contribution is 2.78. The number of hydrogen-bond acceptors (Lipinski definition) is 9. The van der Waals surface area contributed by atoms with E-state index in [1.807, 2.05) is 0 Å². The molecule has 0 aromatic carbocycles. The largest absolute Gasteiger partial charge is 0.393 e. The Bertz CT molecular complexity index is 1250. The molecule has 0 aromatic rings. The molecule has 51 heavy (non-hydrogen) atoms. The van der Waals surface area contributed by atoms with Gasteiger partial charge in [0.15, 0.2) is 0 Å². The second-order valence-electron chi connectivity index (χ2n) is 21.1. The summed E-state index contributed by atoms with van der Waals surface area (Å²) in [6.45, 7) is 19.3. The summed E-state index contributed by atoms with van der Waals surface area (Å²) in [6, 6.07) is -1.20. The number of hydrogen-bond donors (Lipinski definition) is 8. The molecular formula is C42H75NO8. The van der Waals surface area contributed by atoms with Gasteiger partial charge in [0.1, 0.15) is 36.1 Å². The van der Waals surface area contributed by atoms with Gasteiger partial charge in [0.25, 0.3) is 0 Å². The Labute approximate surface area is 308 Å². The van der Waals surface area contributed by atoms with Crippen LogP contribution in [0.5, 0.6) is 0 Å². The van der Waals surface area contributed by atoms with Crippen molar-refractivity contribution in [2.45, 2.75) is 181 Å². The molecule has 9 nitrogen and oxygen atoms in total. The van der Waals surface area contributed by atoms with Gasteiger partial charge in [-0.1, -0.05) is 55.4 Å². The fourth-order valence-corrected chi connectivity index (χ4v) is 15.7. The maximum absolute atomic E-state index is 11.0. The second-order valence-corrected chi connectivity index (χ2v) is 21.1. The van der Waals surface area contributed by atoms with Gasteiger partial charge in [0.2, 0.25) is 0 Å². The summed E-state index contributed by atoms with van der Waals surface area (Å²) in [4.78, 5) is 0. The lowest BCUT2D eigenvalue weighted by atomic mass is 9.31. The lowest BCUT2D eigenvalue weighted by Crippen LogP contribution is -2.66. The van der Waals surface area contributed by atoms with Crippen molar-refractivity contribution in [3.8, 4) is 0 Å². The van der Waals surface area contributed by atoms with Crippen molar-refractivity contribution in [2.24, 2.45) is 74.2 Å². The van der Waals surface area contributed by atoms with Gasteiger partial charge < -0.3 is 46.2 Å². The smallest absolute Gasteiger partial charge is 0.144 e. The van der Waals surface area contributed by atoms with Gasteiger partial charge in [-0.15, -0.1) is 0 Å². The van der Waals surface area contributed by atoms with Gasteiger partial charge in [-0.05, 0) is 146 Å². The Morgan fingerprint density at radius 3 is 2.00 bits per heavy atom. The normalized spacial score (nSPS) is 52.9. The molecule has 0 saturated heterocycles. The van der Waals surface area contributed by atoms with E-state index in [2.05, 4.69) is 55.4 Å². The lowest BCUT2D eigenvalue weighted by molar-refractivity contribution is -0.245. The van der Waals surface area contributed by atoms with E-state index in [0.717, 1.165) is 30.1 Å². The summed E-state index contributed by atoms with van der Waals surface area (Å²) in [5.41, 5.74) is 5.59. The monoisotopic (exact) mass is 722 g/mol. The van der Waals surface area contributed by atoms with E-state index in [1.165, 1.54) is 64.2 Å². The molecule has 0 bridgehead atoms. The topological polar surface area (TPSA) is 177 Å². The van der Waals surface area contributed by atoms with Gasteiger partial charge in [-0.25, -0.2) is 0 Å². The maximum Gasteiger partial charge on any atom is 0.144 e. The Kier molecular flexibility index (Phi) is 10.8. The van der Waals surface area contributed by atoms with Crippen LogP contribution >= 0.6 is 0 Å². The number of ether oxygens (including phenoxy) is 1. The molecule has 9 heteroatoms. The molecule has 6 aliphatic carbocycles. The molecule has 19 atom stereocenters. The molecule has 0 amide bonds. The minimum Gasteiger partial charge on any atom is -0.393 e. The third-order valence-electron chi connectivity index (χ3n) is 18.1. The summed E-state index contributed by atoms with van der Waals surface area (Å²) in [7, 11) is 0. The molecule has 0 aromatic heterocycles. The van der Waals surface area contributed by atoms with E-state index in [1.54, 1.807) is 0 Å². The molecule has 6 fully saturated rings. The van der Waals surface area contributed by atoms with Crippen LogP contribution in [0.2, 0.25) is 0 Å². The van der Waals surface area contributed by atoms with E-state index in [4.69, 9.17) is 10.5 Å². The van der Waals surface area contributed by atoms with Gasteiger partial charge in [-0.3, -0.25) is 0 Å². The highest BCUT2D eigenvalue weighted by molar-refractivity contribution is 5.19. The number of rotatable bonds is 10. The van der Waals surface area contributed by atoms with Crippen LogP contribution in [0.1, 0.15) is 132 Å². The van der Waals surface area contributed by atoms with Crippen molar-refractivity contribution in [2.75, 3.05) is 13.2 Å². The van der Waals surface area contributed by atoms with E-state index in [9.17, 15) is 35.7 Å². The van der Waals surface area contributed by atoms with Gasteiger partial charge in [0.05, 0.1) is 25.4 Å². The minimum absolute atomic E-state index is 0.321. The number of fused-ring (bicyclic) bond motifs is 7. The number of aliphatic hydroxyl groups excluding tert-OH is 6. The van der Waals surface area contributed by atoms with Crippen molar-refractivity contribution >= 4 is 0 Å². The van der Waals surface area contributed by atoms with Gasteiger partial charge >= 0.3 is 0 Å². The van der Waals surface area contributed by atoms with Crippen LogP contribution in [0.15, 0.2) is 0 Å². The van der Waals surface area contributed by atoms with E-state index in [0.29, 0.717) is 51.2 Å². The first-order valence-corrected chi connectivity index (χ1v) is 20.7. The first-order chi connectivity index (χ1) is 23.6. The first kappa shape index (κ1) is 40.3. The van der Waals surface area contributed by atoms with Crippen LogP contribution in [0.4, 0.5) is 0 Å². The predicted molar refractivity (Wildman–Crippen MR) is 197 cm³/mol. The van der Waals surface area contributed by atoms with Crippen molar-refractivity contribution in [3.05, 3.63) is 0 Å². The summed E-state index contributed by atoms with van der Waals surface area (Å²) >= 11 is 0. The standard InChI is InChI=1S/C42H75NO8/c1-23-19-37(3,4)29-15-18-41(8)31(39(29,6)20-23)12-11-30-38(5)16-13-25(26(38)14-17-40(30,41)7)24(2)9-10-27(45)33(47)28(46)21-51-36-32(43)34(48)35(49)42(36,50)22-44/h23-36,44-50H,9-22,43H2,1-8H3/t23-,24-,25+,26?,27?,28?,29?,30?,31?,32-,33?,34-,35+,36-,38+,39+,40-,41-,42+/m1/s1. The fourth-order valence-electron chi connectivity index (χ4n) is 15.7. The molecule has 6 rings (SSSR count). The Balaban J connectivity index is 1.07. The molecule has 0 aliphatic heterocycles. The summed E-state index contributed by atoms with van der Waals surface area (Å²) in [5.74, 6) is 4.77. The quantitative estimate of drug-likeness (QED) is 0.163. The molecule has 0 radical (unpaired) electrons.